The minimum Gasteiger partial charge on any atom is -0.361 e. The lowest BCUT2D eigenvalue weighted by atomic mass is 10.4. The third-order valence-electron chi connectivity index (χ3n) is 2.43. The summed E-state index contributed by atoms with van der Waals surface area (Å²) in [6.45, 7) is 4.59. The minimum atomic E-state index is -0.0703. The molecular weight excluding hydrogens is 234 g/mol. The van der Waals surface area contributed by atoms with Crippen LogP contribution in [-0.4, -0.2) is 9.55 Å². The monoisotopic (exact) mass is 249 g/mol. The quantitative estimate of drug-likeness (QED) is 0.905. The van der Waals surface area contributed by atoms with Gasteiger partial charge in [-0.3, -0.25) is 4.79 Å². The number of nitrogens with one attached hydrogen (secondary N) is 1. The molecule has 0 spiro atoms. The molecular formula is C12H15N3OS. The molecule has 0 aliphatic heterocycles. The molecule has 0 aliphatic carbocycles. The van der Waals surface area contributed by atoms with E-state index in [0.29, 0.717) is 12.4 Å². The summed E-state index contributed by atoms with van der Waals surface area (Å²) in [6.07, 6.45) is 3.36. The summed E-state index contributed by atoms with van der Waals surface area (Å²) in [4.78, 5) is 17.3. The molecule has 0 saturated heterocycles. The number of hydrogen-bond donors (Lipinski definition) is 1. The van der Waals surface area contributed by atoms with Crippen molar-refractivity contribution in [2.75, 3.05) is 5.32 Å². The zero-order valence-electron chi connectivity index (χ0n) is 9.88. The predicted octanol–water partition coefficient (Wildman–Crippen LogP) is 2.50. The Morgan fingerprint density at radius 3 is 3.00 bits per heavy atom. The zero-order valence-corrected chi connectivity index (χ0v) is 10.7. The molecule has 0 unspecified atom stereocenters. The Bertz CT molecular complexity index is 531. The van der Waals surface area contributed by atoms with Crippen LogP contribution in [0.5, 0.6) is 0 Å². The Kier molecular flexibility index (Phi) is 3.58. The number of thiophene rings is 1. The molecule has 0 saturated carbocycles. The maximum Gasteiger partial charge on any atom is 0.293 e. The van der Waals surface area contributed by atoms with Gasteiger partial charge in [0.25, 0.3) is 5.56 Å². The Morgan fingerprint density at radius 1 is 1.53 bits per heavy atom. The number of rotatable bonds is 4. The molecule has 1 N–H and O–H groups in total. The predicted molar refractivity (Wildman–Crippen MR) is 70.5 cm³/mol. The van der Waals surface area contributed by atoms with E-state index in [1.807, 2.05) is 31.4 Å². The molecule has 17 heavy (non-hydrogen) atoms. The largest absolute Gasteiger partial charge is 0.361 e. The van der Waals surface area contributed by atoms with Crippen molar-refractivity contribution in [3.63, 3.8) is 0 Å². The SMILES string of the molecule is CC(C)n1ccnc(NCc2cccs2)c1=O. The summed E-state index contributed by atoms with van der Waals surface area (Å²) in [6, 6.07) is 4.17. The molecule has 0 fully saturated rings. The first-order valence-electron chi connectivity index (χ1n) is 5.52. The van der Waals surface area contributed by atoms with Crippen LogP contribution in [0.4, 0.5) is 5.82 Å². The maximum atomic E-state index is 12.0. The fourth-order valence-electron chi connectivity index (χ4n) is 1.54. The van der Waals surface area contributed by atoms with Gasteiger partial charge < -0.3 is 9.88 Å². The van der Waals surface area contributed by atoms with Gasteiger partial charge in [-0.1, -0.05) is 6.07 Å². The van der Waals surface area contributed by atoms with Crippen LogP contribution in [0.1, 0.15) is 24.8 Å². The highest BCUT2D eigenvalue weighted by molar-refractivity contribution is 7.09. The highest BCUT2D eigenvalue weighted by atomic mass is 32.1. The summed E-state index contributed by atoms with van der Waals surface area (Å²) < 4.78 is 1.67. The van der Waals surface area contributed by atoms with E-state index in [-0.39, 0.29) is 11.6 Å². The lowest BCUT2D eigenvalue weighted by molar-refractivity contribution is 0.575. The van der Waals surface area contributed by atoms with E-state index in [2.05, 4.69) is 10.3 Å². The van der Waals surface area contributed by atoms with Gasteiger partial charge in [0, 0.05) is 23.3 Å². The highest BCUT2D eigenvalue weighted by Gasteiger charge is 2.06. The van der Waals surface area contributed by atoms with E-state index in [9.17, 15) is 4.79 Å². The summed E-state index contributed by atoms with van der Waals surface area (Å²) in [5.74, 6) is 0.412. The first-order chi connectivity index (χ1) is 8.18. The van der Waals surface area contributed by atoms with Crippen molar-refractivity contribution in [1.82, 2.24) is 9.55 Å². The van der Waals surface area contributed by atoms with E-state index in [4.69, 9.17) is 0 Å². The average Bonchev–Trinajstić information content (AvgIpc) is 2.80. The van der Waals surface area contributed by atoms with Crippen LogP contribution in [0.2, 0.25) is 0 Å². The summed E-state index contributed by atoms with van der Waals surface area (Å²) >= 11 is 1.66. The van der Waals surface area contributed by atoms with Crippen molar-refractivity contribution in [3.05, 3.63) is 45.1 Å². The second-order valence-corrected chi connectivity index (χ2v) is 5.05. The van der Waals surface area contributed by atoms with Gasteiger partial charge in [0.15, 0.2) is 5.82 Å². The van der Waals surface area contributed by atoms with Crippen LogP contribution in [0, 0.1) is 0 Å². The molecule has 0 amide bonds. The molecule has 2 aromatic heterocycles. The first-order valence-corrected chi connectivity index (χ1v) is 6.40. The van der Waals surface area contributed by atoms with Gasteiger partial charge >= 0.3 is 0 Å². The van der Waals surface area contributed by atoms with Gasteiger partial charge in [0.05, 0.1) is 6.54 Å². The fraction of sp³-hybridized carbons (Fsp3) is 0.333. The van der Waals surface area contributed by atoms with Gasteiger partial charge in [-0.25, -0.2) is 4.98 Å². The standard InChI is InChI=1S/C12H15N3OS/c1-9(2)15-6-5-13-11(12(15)16)14-8-10-4-3-7-17-10/h3-7,9H,8H2,1-2H3,(H,13,14). The zero-order chi connectivity index (χ0) is 12.3. The fourth-order valence-corrected chi connectivity index (χ4v) is 2.18. The number of anilines is 1. The molecule has 0 bridgehead atoms. The molecule has 0 atom stereocenters. The van der Waals surface area contributed by atoms with Crippen molar-refractivity contribution in [1.29, 1.82) is 0 Å². The summed E-state index contributed by atoms with van der Waals surface area (Å²) in [5, 5.41) is 5.09. The molecule has 4 nitrogen and oxygen atoms in total. The third-order valence-corrected chi connectivity index (χ3v) is 3.31. The Balaban J connectivity index is 2.16. The van der Waals surface area contributed by atoms with Crippen LogP contribution >= 0.6 is 11.3 Å². The maximum absolute atomic E-state index is 12.0. The van der Waals surface area contributed by atoms with Crippen molar-refractivity contribution in [2.24, 2.45) is 0 Å². The van der Waals surface area contributed by atoms with E-state index in [1.54, 1.807) is 28.3 Å². The van der Waals surface area contributed by atoms with E-state index < -0.39 is 0 Å². The van der Waals surface area contributed by atoms with Crippen LogP contribution in [0.15, 0.2) is 34.7 Å². The average molecular weight is 249 g/mol. The lowest BCUT2D eigenvalue weighted by Gasteiger charge is -2.11. The Labute approximate surface area is 104 Å². The van der Waals surface area contributed by atoms with Gasteiger partial charge in [-0.15, -0.1) is 11.3 Å². The molecule has 2 heterocycles. The highest BCUT2D eigenvalue weighted by Crippen LogP contribution is 2.09. The van der Waals surface area contributed by atoms with Crippen LogP contribution < -0.4 is 10.9 Å². The summed E-state index contributed by atoms with van der Waals surface area (Å²) in [7, 11) is 0. The normalized spacial score (nSPS) is 10.8. The Hall–Kier alpha value is -1.62. The van der Waals surface area contributed by atoms with Gasteiger partial charge in [-0.2, -0.15) is 0 Å². The van der Waals surface area contributed by atoms with Gasteiger partial charge in [-0.05, 0) is 25.3 Å². The van der Waals surface area contributed by atoms with E-state index in [1.165, 1.54) is 4.88 Å². The molecule has 5 heteroatoms. The molecule has 90 valence electrons. The van der Waals surface area contributed by atoms with E-state index in [0.717, 1.165) is 0 Å². The molecule has 0 radical (unpaired) electrons. The number of aromatic nitrogens is 2. The lowest BCUT2D eigenvalue weighted by Crippen LogP contribution is -2.25. The second-order valence-electron chi connectivity index (χ2n) is 4.01. The van der Waals surface area contributed by atoms with Crippen molar-refractivity contribution >= 4 is 17.2 Å². The van der Waals surface area contributed by atoms with Crippen molar-refractivity contribution < 1.29 is 0 Å². The number of hydrogen-bond acceptors (Lipinski definition) is 4. The van der Waals surface area contributed by atoms with E-state index >= 15 is 0 Å². The first kappa shape index (κ1) is 11.9. The minimum absolute atomic E-state index is 0.0703. The van der Waals surface area contributed by atoms with Gasteiger partial charge in [0.2, 0.25) is 0 Å². The number of nitrogens with zero attached hydrogens (tertiary/aromatic N) is 2. The van der Waals surface area contributed by atoms with Crippen LogP contribution in [0.3, 0.4) is 0 Å². The van der Waals surface area contributed by atoms with Gasteiger partial charge in [0.1, 0.15) is 0 Å². The topological polar surface area (TPSA) is 46.9 Å². The Morgan fingerprint density at radius 2 is 2.35 bits per heavy atom. The molecule has 2 aromatic rings. The van der Waals surface area contributed by atoms with Crippen molar-refractivity contribution in [3.8, 4) is 0 Å². The van der Waals surface area contributed by atoms with Crippen LogP contribution in [0.25, 0.3) is 0 Å². The molecule has 0 aromatic carbocycles. The van der Waals surface area contributed by atoms with Crippen molar-refractivity contribution in [2.45, 2.75) is 26.4 Å². The second kappa shape index (κ2) is 5.14. The smallest absolute Gasteiger partial charge is 0.293 e. The molecule has 0 aliphatic rings. The summed E-state index contributed by atoms with van der Waals surface area (Å²) in [5.41, 5.74) is -0.0703. The molecule has 2 rings (SSSR count). The third kappa shape index (κ3) is 2.74. The van der Waals surface area contributed by atoms with Crippen LogP contribution in [-0.2, 0) is 6.54 Å².